The van der Waals surface area contributed by atoms with Gasteiger partial charge >= 0.3 is 18.2 Å². The van der Waals surface area contributed by atoms with Crippen LogP contribution in [0.15, 0.2) is 0 Å². The van der Waals surface area contributed by atoms with Gasteiger partial charge in [0.1, 0.15) is 23.3 Å². The number of carbonyl (C=O) groups is 3. The molecule has 1 N–H and O–H groups in total. The summed E-state index contributed by atoms with van der Waals surface area (Å²) in [5.74, 6) is -0.188. The Morgan fingerprint density at radius 3 is 2.34 bits per heavy atom. The first-order chi connectivity index (χ1) is 13.3. The molecule has 0 saturated carbocycles. The zero-order valence-electron chi connectivity index (χ0n) is 17.9. The lowest BCUT2D eigenvalue weighted by atomic mass is 10.1. The van der Waals surface area contributed by atoms with E-state index < -0.39 is 35.9 Å². The molecular formula is C19H31N3O6S. The van der Waals surface area contributed by atoms with Crippen molar-refractivity contribution in [1.29, 1.82) is 5.26 Å². The van der Waals surface area contributed by atoms with Crippen molar-refractivity contribution < 1.29 is 28.6 Å². The molecule has 10 heteroatoms. The highest BCUT2D eigenvalue weighted by Crippen LogP contribution is 2.28. The molecule has 2 unspecified atom stereocenters. The van der Waals surface area contributed by atoms with Gasteiger partial charge in [-0.25, -0.2) is 14.4 Å². The molecule has 0 radical (unpaired) electrons. The number of ether oxygens (including phenoxy) is 3. The SMILES string of the molecule is CC(C)(C)OC(=O)NC(CCC1CN(C(=O)OC(C)(C)C)CS1)C(=O)OCC#N. The maximum absolute atomic E-state index is 12.2. The second kappa shape index (κ2) is 10.6. The predicted molar refractivity (Wildman–Crippen MR) is 108 cm³/mol. The highest BCUT2D eigenvalue weighted by atomic mass is 32.2. The van der Waals surface area contributed by atoms with Crippen molar-refractivity contribution in [2.45, 2.75) is 76.9 Å². The van der Waals surface area contributed by atoms with Gasteiger partial charge in [0.05, 0.1) is 5.88 Å². The predicted octanol–water partition coefficient (Wildman–Crippen LogP) is 3.04. The Morgan fingerprint density at radius 1 is 1.17 bits per heavy atom. The number of hydrogen-bond acceptors (Lipinski definition) is 8. The Balaban J connectivity index is 2.61. The summed E-state index contributed by atoms with van der Waals surface area (Å²) in [5.41, 5.74) is -1.27. The summed E-state index contributed by atoms with van der Waals surface area (Å²) in [4.78, 5) is 38.0. The lowest BCUT2D eigenvalue weighted by Crippen LogP contribution is -2.44. The van der Waals surface area contributed by atoms with Crippen molar-refractivity contribution >= 4 is 29.9 Å². The van der Waals surface area contributed by atoms with Crippen LogP contribution in [0.5, 0.6) is 0 Å². The minimum atomic E-state index is -0.936. The van der Waals surface area contributed by atoms with Crippen molar-refractivity contribution in [2.75, 3.05) is 19.0 Å². The van der Waals surface area contributed by atoms with Gasteiger partial charge in [-0.15, -0.1) is 11.8 Å². The number of nitriles is 1. The van der Waals surface area contributed by atoms with E-state index in [0.29, 0.717) is 25.3 Å². The smallest absolute Gasteiger partial charge is 0.411 e. The molecule has 1 rings (SSSR count). The molecule has 2 amide bonds. The summed E-state index contributed by atoms with van der Waals surface area (Å²) < 4.78 is 15.4. The van der Waals surface area contributed by atoms with Crippen LogP contribution in [0.2, 0.25) is 0 Å². The van der Waals surface area contributed by atoms with E-state index in [1.54, 1.807) is 43.5 Å². The van der Waals surface area contributed by atoms with E-state index in [4.69, 9.17) is 19.5 Å². The topological polar surface area (TPSA) is 118 Å². The Hall–Kier alpha value is -2.15. The van der Waals surface area contributed by atoms with Gasteiger partial charge in [-0.2, -0.15) is 5.26 Å². The molecular weight excluding hydrogens is 398 g/mol. The van der Waals surface area contributed by atoms with Crippen molar-refractivity contribution in [3.05, 3.63) is 0 Å². The van der Waals surface area contributed by atoms with E-state index in [1.165, 1.54) is 0 Å². The Bertz CT molecular complexity index is 635. The van der Waals surface area contributed by atoms with Crippen molar-refractivity contribution in [1.82, 2.24) is 10.2 Å². The van der Waals surface area contributed by atoms with Crippen LogP contribution >= 0.6 is 11.8 Å². The number of amides is 2. The molecule has 1 fully saturated rings. The number of rotatable bonds is 6. The van der Waals surface area contributed by atoms with Crippen LogP contribution in [0.3, 0.4) is 0 Å². The standard InChI is InChI=1S/C19H31N3O6S/c1-18(2,3)27-16(24)21-14(15(23)26-10-9-20)8-7-13-11-22(12-29-13)17(25)28-19(4,5)6/h13-14H,7-8,10-12H2,1-6H3,(H,21,24). The minimum absolute atomic E-state index is 0.0919. The minimum Gasteiger partial charge on any atom is -0.449 e. The Labute approximate surface area is 176 Å². The second-order valence-corrected chi connectivity index (χ2v) is 9.92. The normalized spacial score (nSPS) is 17.8. The molecule has 0 spiro atoms. The number of nitrogens with one attached hydrogen (secondary N) is 1. The molecule has 2 atom stereocenters. The zero-order chi connectivity index (χ0) is 22.2. The maximum Gasteiger partial charge on any atom is 0.411 e. The molecule has 1 aliphatic heterocycles. The molecule has 0 bridgehead atoms. The van der Waals surface area contributed by atoms with Gasteiger partial charge in [0.15, 0.2) is 6.61 Å². The molecule has 0 aromatic carbocycles. The molecule has 1 saturated heterocycles. The molecule has 0 aromatic rings. The number of esters is 1. The van der Waals surface area contributed by atoms with Crippen LogP contribution in [-0.2, 0) is 19.0 Å². The quantitative estimate of drug-likeness (QED) is 0.506. The van der Waals surface area contributed by atoms with Gasteiger partial charge in [-0.05, 0) is 54.4 Å². The summed E-state index contributed by atoms with van der Waals surface area (Å²) in [6, 6.07) is 0.794. The number of alkyl carbamates (subject to hydrolysis) is 1. The third kappa shape index (κ3) is 10.3. The molecule has 9 nitrogen and oxygen atoms in total. The Morgan fingerprint density at radius 2 is 1.79 bits per heavy atom. The molecule has 1 heterocycles. The number of nitrogens with zero attached hydrogens (tertiary/aromatic N) is 2. The maximum atomic E-state index is 12.2. The first-order valence-electron chi connectivity index (χ1n) is 9.43. The monoisotopic (exact) mass is 429 g/mol. The summed E-state index contributed by atoms with van der Waals surface area (Å²) in [7, 11) is 0. The molecule has 0 aromatic heterocycles. The average Bonchev–Trinajstić information content (AvgIpc) is 3.02. The third-order valence-corrected chi connectivity index (χ3v) is 4.89. The van der Waals surface area contributed by atoms with E-state index in [1.807, 2.05) is 20.8 Å². The van der Waals surface area contributed by atoms with E-state index in [2.05, 4.69) is 5.32 Å². The number of thioether (sulfide) groups is 1. The van der Waals surface area contributed by atoms with Crippen LogP contribution in [0.25, 0.3) is 0 Å². The van der Waals surface area contributed by atoms with Crippen LogP contribution in [-0.4, -0.2) is 64.6 Å². The molecule has 29 heavy (non-hydrogen) atoms. The number of carbonyl (C=O) groups excluding carboxylic acids is 3. The second-order valence-electron chi connectivity index (χ2n) is 8.66. The fourth-order valence-corrected chi connectivity index (χ4v) is 3.62. The van der Waals surface area contributed by atoms with Crippen molar-refractivity contribution in [2.24, 2.45) is 0 Å². The van der Waals surface area contributed by atoms with Gasteiger partial charge in [-0.1, -0.05) is 0 Å². The average molecular weight is 430 g/mol. The van der Waals surface area contributed by atoms with Gasteiger partial charge in [0, 0.05) is 11.8 Å². The lowest BCUT2D eigenvalue weighted by Gasteiger charge is -2.24. The molecule has 1 aliphatic rings. The zero-order valence-corrected chi connectivity index (χ0v) is 18.8. The van der Waals surface area contributed by atoms with Crippen LogP contribution in [0, 0.1) is 11.3 Å². The summed E-state index contributed by atoms with van der Waals surface area (Å²) in [5, 5.41) is 11.2. The van der Waals surface area contributed by atoms with Gasteiger partial charge < -0.3 is 19.5 Å². The fourth-order valence-electron chi connectivity index (χ4n) is 2.43. The summed E-state index contributed by atoms with van der Waals surface area (Å²) in [6.07, 6.45) is -0.245. The third-order valence-electron chi connectivity index (χ3n) is 3.57. The summed E-state index contributed by atoms with van der Waals surface area (Å²) >= 11 is 1.58. The van der Waals surface area contributed by atoms with E-state index in [9.17, 15) is 14.4 Å². The van der Waals surface area contributed by atoms with Gasteiger partial charge in [0.2, 0.25) is 0 Å². The Kier molecular flexibility index (Phi) is 9.08. The van der Waals surface area contributed by atoms with Gasteiger partial charge in [0.25, 0.3) is 0 Å². The van der Waals surface area contributed by atoms with E-state index in [-0.39, 0.29) is 11.3 Å². The first kappa shape index (κ1) is 24.9. The highest BCUT2D eigenvalue weighted by Gasteiger charge is 2.32. The lowest BCUT2D eigenvalue weighted by molar-refractivity contribution is -0.145. The van der Waals surface area contributed by atoms with E-state index in [0.717, 1.165) is 0 Å². The highest BCUT2D eigenvalue weighted by molar-refractivity contribution is 8.00. The van der Waals surface area contributed by atoms with Gasteiger partial charge in [-0.3, -0.25) is 4.90 Å². The van der Waals surface area contributed by atoms with Crippen molar-refractivity contribution in [3.63, 3.8) is 0 Å². The van der Waals surface area contributed by atoms with Crippen molar-refractivity contribution in [3.8, 4) is 6.07 Å². The summed E-state index contributed by atoms with van der Waals surface area (Å²) in [6.45, 7) is 10.7. The van der Waals surface area contributed by atoms with Crippen LogP contribution in [0.4, 0.5) is 9.59 Å². The van der Waals surface area contributed by atoms with Crippen LogP contribution < -0.4 is 5.32 Å². The molecule has 0 aliphatic carbocycles. The molecule has 164 valence electrons. The largest absolute Gasteiger partial charge is 0.449 e. The fraction of sp³-hybridized carbons (Fsp3) is 0.789. The van der Waals surface area contributed by atoms with E-state index >= 15 is 0 Å². The number of hydrogen-bond donors (Lipinski definition) is 1. The first-order valence-corrected chi connectivity index (χ1v) is 10.5. The van der Waals surface area contributed by atoms with Crippen LogP contribution in [0.1, 0.15) is 54.4 Å².